The maximum Gasteiger partial charge on any atom is 0.435 e. The Balaban J connectivity index is 1.85. The Morgan fingerprint density at radius 3 is 2.76 bits per heavy atom. The molecule has 0 bridgehead atoms. The van der Waals surface area contributed by atoms with Crippen molar-refractivity contribution in [1.82, 2.24) is 14.9 Å². The van der Waals surface area contributed by atoms with Crippen LogP contribution in [-0.2, 0) is 6.18 Å². The van der Waals surface area contributed by atoms with Crippen molar-refractivity contribution in [2.24, 2.45) is 0 Å². The second-order valence-corrected chi connectivity index (χ2v) is 5.63. The van der Waals surface area contributed by atoms with Gasteiger partial charge in [0.25, 0.3) is 5.88 Å². The van der Waals surface area contributed by atoms with E-state index in [1.807, 2.05) is 4.90 Å². The molecule has 0 N–H and O–H groups in total. The van der Waals surface area contributed by atoms with Gasteiger partial charge in [0, 0.05) is 25.7 Å². The van der Waals surface area contributed by atoms with E-state index in [0.717, 1.165) is 25.8 Å². The number of piperazine rings is 1. The van der Waals surface area contributed by atoms with E-state index in [9.17, 15) is 13.2 Å². The van der Waals surface area contributed by atoms with Gasteiger partial charge in [-0.1, -0.05) is 0 Å². The lowest BCUT2D eigenvalue weighted by Gasteiger charge is -2.45. The zero-order chi connectivity index (χ0) is 15.2. The third-order valence-corrected chi connectivity index (χ3v) is 3.94. The zero-order valence-electron chi connectivity index (χ0n) is 11.9. The van der Waals surface area contributed by atoms with Gasteiger partial charge < -0.3 is 9.64 Å². The molecule has 0 aromatic carbocycles. The van der Waals surface area contributed by atoms with Gasteiger partial charge in [0.1, 0.15) is 6.61 Å². The number of hydrogen-bond donors (Lipinski definition) is 0. The highest BCUT2D eigenvalue weighted by Crippen LogP contribution is 2.35. The van der Waals surface area contributed by atoms with Crippen LogP contribution in [0.15, 0.2) is 6.20 Å². The molecule has 0 radical (unpaired) electrons. The Kier molecular flexibility index (Phi) is 3.43. The molecule has 0 saturated carbocycles. The molecule has 0 amide bonds. The quantitative estimate of drug-likeness (QED) is 0.791. The molecule has 2 aliphatic rings. The van der Waals surface area contributed by atoms with E-state index in [1.165, 1.54) is 0 Å². The molecule has 3 heterocycles. The summed E-state index contributed by atoms with van der Waals surface area (Å²) in [4.78, 5) is 11.8. The first kappa shape index (κ1) is 14.4. The SMILES string of the molecule is CC(C)N1CCN2c3ncc(C(F)(F)F)nc3OC[C@@H]2C1. The summed E-state index contributed by atoms with van der Waals surface area (Å²) in [5.74, 6) is 0.404. The predicted molar refractivity (Wildman–Crippen MR) is 70.4 cm³/mol. The van der Waals surface area contributed by atoms with E-state index in [1.54, 1.807) is 0 Å². The third kappa shape index (κ3) is 2.64. The molecular weight excluding hydrogens is 285 g/mol. The van der Waals surface area contributed by atoms with Crippen LogP contribution in [0.5, 0.6) is 5.88 Å². The van der Waals surface area contributed by atoms with Gasteiger partial charge in [0.15, 0.2) is 11.5 Å². The lowest BCUT2D eigenvalue weighted by Crippen LogP contribution is -2.58. The number of halogens is 3. The number of rotatable bonds is 1. The predicted octanol–water partition coefficient (Wildman–Crippen LogP) is 1.79. The normalized spacial score (nSPS) is 22.8. The molecule has 21 heavy (non-hydrogen) atoms. The summed E-state index contributed by atoms with van der Waals surface area (Å²) < 4.78 is 43.4. The summed E-state index contributed by atoms with van der Waals surface area (Å²) in [6.07, 6.45) is -3.72. The average Bonchev–Trinajstić information content (AvgIpc) is 2.44. The van der Waals surface area contributed by atoms with Crippen molar-refractivity contribution >= 4 is 5.82 Å². The van der Waals surface area contributed by atoms with E-state index >= 15 is 0 Å². The van der Waals surface area contributed by atoms with Crippen molar-refractivity contribution in [3.05, 3.63) is 11.9 Å². The molecule has 0 unspecified atom stereocenters. The van der Waals surface area contributed by atoms with Crippen LogP contribution < -0.4 is 9.64 Å². The zero-order valence-corrected chi connectivity index (χ0v) is 11.9. The second kappa shape index (κ2) is 5.01. The maximum absolute atomic E-state index is 12.7. The van der Waals surface area contributed by atoms with Crippen molar-refractivity contribution in [2.45, 2.75) is 32.1 Å². The van der Waals surface area contributed by atoms with E-state index in [2.05, 4.69) is 28.7 Å². The molecule has 1 aromatic rings. The van der Waals surface area contributed by atoms with Crippen LogP contribution in [0, 0.1) is 0 Å². The monoisotopic (exact) mass is 302 g/mol. The van der Waals surface area contributed by atoms with Gasteiger partial charge in [-0.3, -0.25) is 4.90 Å². The third-order valence-electron chi connectivity index (χ3n) is 3.94. The summed E-state index contributed by atoms with van der Waals surface area (Å²) in [6, 6.07) is 0.548. The summed E-state index contributed by atoms with van der Waals surface area (Å²) in [7, 11) is 0. The maximum atomic E-state index is 12.7. The van der Waals surface area contributed by atoms with Crippen LogP contribution in [0.25, 0.3) is 0 Å². The number of fused-ring (bicyclic) bond motifs is 3. The van der Waals surface area contributed by atoms with Crippen LogP contribution in [-0.4, -0.2) is 53.2 Å². The van der Waals surface area contributed by atoms with Crippen molar-refractivity contribution in [3.63, 3.8) is 0 Å². The van der Waals surface area contributed by atoms with E-state index < -0.39 is 11.9 Å². The van der Waals surface area contributed by atoms with Crippen molar-refractivity contribution < 1.29 is 17.9 Å². The second-order valence-electron chi connectivity index (χ2n) is 5.63. The summed E-state index contributed by atoms with van der Waals surface area (Å²) >= 11 is 0. The van der Waals surface area contributed by atoms with Gasteiger partial charge in [-0.25, -0.2) is 9.97 Å². The molecule has 3 rings (SSSR count). The molecule has 0 spiro atoms. The lowest BCUT2D eigenvalue weighted by molar-refractivity contribution is -0.141. The molecule has 1 atom stereocenters. The molecular formula is C13H17F3N4O. The van der Waals surface area contributed by atoms with Gasteiger partial charge in [-0.2, -0.15) is 13.2 Å². The number of nitrogens with zero attached hydrogens (tertiary/aromatic N) is 4. The summed E-state index contributed by atoms with van der Waals surface area (Å²) in [6.45, 7) is 6.99. The molecule has 1 aromatic heterocycles. The lowest BCUT2D eigenvalue weighted by atomic mass is 10.1. The van der Waals surface area contributed by atoms with Crippen molar-refractivity contribution in [3.8, 4) is 5.88 Å². The largest absolute Gasteiger partial charge is 0.473 e. The first-order valence-corrected chi connectivity index (χ1v) is 6.94. The van der Waals surface area contributed by atoms with Crippen LogP contribution in [0.4, 0.5) is 19.0 Å². The Morgan fingerprint density at radius 2 is 2.10 bits per heavy atom. The minimum Gasteiger partial charge on any atom is -0.473 e. The molecule has 8 heteroatoms. The van der Waals surface area contributed by atoms with E-state index in [0.29, 0.717) is 18.5 Å². The molecule has 0 aliphatic carbocycles. The average molecular weight is 302 g/mol. The fourth-order valence-electron chi connectivity index (χ4n) is 2.74. The number of aromatic nitrogens is 2. The Morgan fingerprint density at radius 1 is 1.33 bits per heavy atom. The molecule has 1 fully saturated rings. The van der Waals surface area contributed by atoms with Crippen molar-refractivity contribution in [2.75, 3.05) is 31.1 Å². The number of anilines is 1. The highest BCUT2D eigenvalue weighted by Gasteiger charge is 2.38. The minimum atomic E-state index is -4.50. The first-order valence-electron chi connectivity index (χ1n) is 6.94. The first-order chi connectivity index (χ1) is 9.86. The Labute approximate surface area is 120 Å². The Hall–Kier alpha value is -1.57. The topological polar surface area (TPSA) is 41.5 Å². The van der Waals surface area contributed by atoms with Gasteiger partial charge >= 0.3 is 6.18 Å². The molecule has 1 saturated heterocycles. The van der Waals surface area contributed by atoms with Crippen molar-refractivity contribution in [1.29, 1.82) is 0 Å². The van der Waals surface area contributed by atoms with Crippen LogP contribution in [0.2, 0.25) is 0 Å². The van der Waals surface area contributed by atoms with Gasteiger partial charge in [0.05, 0.1) is 12.2 Å². The highest BCUT2D eigenvalue weighted by molar-refractivity contribution is 5.52. The van der Waals surface area contributed by atoms with Gasteiger partial charge in [-0.15, -0.1) is 0 Å². The standard InChI is InChI=1S/C13H17F3N4O/c1-8(2)19-3-4-20-9(6-19)7-21-12-11(20)17-5-10(18-12)13(14,15)16/h5,8-9H,3-4,6-7H2,1-2H3/t9-/m0/s1. The van der Waals surface area contributed by atoms with Gasteiger partial charge in [-0.05, 0) is 13.8 Å². The number of alkyl halides is 3. The van der Waals surface area contributed by atoms with Crippen LogP contribution in [0.1, 0.15) is 19.5 Å². The van der Waals surface area contributed by atoms with Crippen LogP contribution in [0.3, 0.4) is 0 Å². The van der Waals surface area contributed by atoms with Gasteiger partial charge in [0.2, 0.25) is 0 Å². The summed E-state index contributed by atoms with van der Waals surface area (Å²) in [5.41, 5.74) is -1.01. The molecule has 2 aliphatic heterocycles. The fraction of sp³-hybridized carbons (Fsp3) is 0.692. The number of hydrogen-bond acceptors (Lipinski definition) is 5. The molecule has 116 valence electrons. The highest BCUT2D eigenvalue weighted by atomic mass is 19.4. The van der Waals surface area contributed by atoms with E-state index in [4.69, 9.17) is 4.74 Å². The Bertz CT molecular complexity index is 535. The smallest absolute Gasteiger partial charge is 0.435 e. The van der Waals surface area contributed by atoms with E-state index in [-0.39, 0.29) is 11.9 Å². The minimum absolute atomic E-state index is 0.0147. The molecule has 5 nitrogen and oxygen atoms in total. The van der Waals surface area contributed by atoms with Crippen LogP contribution >= 0.6 is 0 Å². The number of ether oxygens (including phenoxy) is 1. The fourth-order valence-corrected chi connectivity index (χ4v) is 2.74. The summed E-state index contributed by atoms with van der Waals surface area (Å²) in [5, 5.41) is 0.